The van der Waals surface area contributed by atoms with Crippen LogP contribution in [0.2, 0.25) is 0 Å². The zero-order valence-electron chi connectivity index (χ0n) is 12.7. The summed E-state index contributed by atoms with van der Waals surface area (Å²) in [7, 11) is 1.32. The van der Waals surface area contributed by atoms with Crippen molar-refractivity contribution in [1.82, 2.24) is 0 Å². The van der Waals surface area contributed by atoms with Crippen molar-refractivity contribution in [2.24, 2.45) is 0 Å². The minimum Gasteiger partial charge on any atom is -0.493 e. The lowest BCUT2D eigenvalue weighted by atomic mass is 10.1. The Hall–Kier alpha value is -3.14. The molecule has 0 fully saturated rings. The summed E-state index contributed by atoms with van der Waals surface area (Å²) in [6.07, 6.45) is 0. The number of hydrogen-bond donors (Lipinski definition) is 0. The van der Waals surface area contributed by atoms with Crippen molar-refractivity contribution in [2.75, 3.05) is 7.11 Å². The first-order valence-electron chi connectivity index (χ1n) is 6.82. The van der Waals surface area contributed by atoms with Gasteiger partial charge in [-0.05, 0) is 35.9 Å². The number of rotatable bonds is 6. The van der Waals surface area contributed by atoms with Crippen LogP contribution < -0.4 is 9.47 Å². The molecule has 5 nitrogen and oxygen atoms in total. The van der Waals surface area contributed by atoms with Crippen molar-refractivity contribution in [3.63, 3.8) is 0 Å². The van der Waals surface area contributed by atoms with Crippen molar-refractivity contribution in [3.05, 3.63) is 59.2 Å². The van der Waals surface area contributed by atoms with E-state index in [9.17, 15) is 13.6 Å². The van der Waals surface area contributed by atoms with E-state index in [2.05, 4.69) is 4.74 Å². The standard InChI is InChI=1S/C17H13F2NO4/c1-22-15-8-12(5-6-14(15)24-17(18)19)10-23-16(21)13-4-2-3-11(7-13)9-20/h2-8,17H,10H2,1H3. The number of ether oxygens (including phenoxy) is 3. The SMILES string of the molecule is COc1cc(COC(=O)c2cccc(C#N)c2)ccc1OC(F)F. The number of carbonyl (C=O) groups excluding carboxylic acids is 1. The predicted octanol–water partition coefficient (Wildman–Crippen LogP) is 3.53. The zero-order valence-corrected chi connectivity index (χ0v) is 12.7. The van der Waals surface area contributed by atoms with Gasteiger partial charge in [-0.3, -0.25) is 0 Å². The van der Waals surface area contributed by atoms with Gasteiger partial charge in [-0.25, -0.2) is 4.79 Å². The highest BCUT2D eigenvalue weighted by Gasteiger charge is 2.13. The molecule has 0 bridgehead atoms. The summed E-state index contributed by atoms with van der Waals surface area (Å²) in [5.74, 6) is -0.599. The van der Waals surface area contributed by atoms with Crippen molar-refractivity contribution in [1.29, 1.82) is 5.26 Å². The molecule has 0 saturated heterocycles. The van der Waals surface area contributed by atoms with E-state index in [4.69, 9.17) is 14.7 Å². The first-order chi connectivity index (χ1) is 11.5. The Labute approximate surface area is 137 Å². The Bertz CT molecular complexity index is 771. The van der Waals surface area contributed by atoms with E-state index < -0.39 is 12.6 Å². The van der Waals surface area contributed by atoms with Crippen LogP contribution in [-0.4, -0.2) is 19.7 Å². The average molecular weight is 333 g/mol. The molecule has 0 aromatic heterocycles. The highest BCUT2D eigenvalue weighted by molar-refractivity contribution is 5.89. The number of methoxy groups -OCH3 is 1. The summed E-state index contributed by atoms with van der Waals surface area (Å²) >= 11 is 0. The second-order valence-corrected chi connectivity index (χ2v) is 4.63. The Morgan fingerprint density at radius 3 is 2.67 bits per heavy atom. The van der Waals surface area contributed by atoms with E-state index in [1.54, 1.807) is 12.1 Å². The first-order valence-corrected chi connectivity index (χ1v) is 6.82. The third-order valence-corrected chi connectivity index (χ3v) is 3.04. The molecule has 0 heterocycles. The summed E-state index contributed by atoms with van der Waals surface area (Å²) in [4.78, 5) is 12.0. The van der Waals surface area contributed by atoms with Gasteiger partial charge in [0, 0.05) is 0 Å². The van der Waals surface area contributed by atoms with Gasteiger partial charge in [0.15, 0.2) is 11.5 Å². The first kappa shape index (κ1) is 17.2. The third-order valence-electron chi connectivity index (χ3n) is 3.04. The van der Waals surface area contributed by atoms with Crippen LogP contribution in [0.4, 0.5) is 8.78 Å². The van der Waals surface area contributed by atoms with Gasteiger partial charge in [-0.2, -0.15) is 14.0 Å². The molecule has 2 aromatic rings. The molecule has 24 heavy (non-hydrogen) atoms. The molecule has 7 heteroatoms. The lowest BCUT2D eigenvalue weighted by molar-refractivity contribution is -0.0512. The van der Waals surface area contributed by atoms with Crippen molar-refractivity contribution in [2.45, 2.75) is 13.2 Å². The number of halogens is 2. The fraction of sp³-hybridized carbons (Fsp3) is 0.176. The number of alkyl halides is 2. The van der Waals surface area contributed by atoms with Crippen LogP contribution in [0.3, 0.4) is 0 Å². The summed E-state index contributed by atoms with van der Waals surface area (Å²) in [6.45, 7) is -3.05. The van der Waals surface area contributed by atoms with Gasteiger partial charge in [0.1, 0.15) is 6.61 Å². The maximum Gasteiger partial charge on any atom is 0.387 e. The van der Waals surface area contributed by atoms with Crippen molar-refractivity contribution < 1.29 is 27.8 Å². The van der Waals surface area contributed by atoms with Crippen LogP contribution in [0.1, 0.15) is 21.5 Å². The smallest absolute Gasteiger partial charge is 0.387 e. The summed E-state index contributed by atoms with van der Waals surface area (Å²) in [5.41, 5.74) is 1.14. The molecular weight excluding hydrogens is 320 g/mol. The number of nitrogens with zero attached hydrogens (tertiary/aromatic N) is 1. The molecule has 0 aliphatic heterocycles. The zero-order chi connectivity index (χ0) is 17.5. The molecular formula is C17H13F2NO4. The molecule has 0 saturated carbocycles. The minimum absolute atomic E-state index is 0.0824. The normalized spacial score (nSPS) is 10.1. The number of hydrogen-bond acceptors (Lipinski definition) is 5. The molecule has 0 atom stereocenters. The molecule has 0 aliphatic rings. The second kappa shape index (κ2) is 7.92. The maximum atomic E-state index is 12.3. The molecule has 2 rings (SSSR count). The van der Waals surface area contributed by atoms with Crippen LogP contribution in [-0.2, 0) is 11.3 Å². The minimum atomic E-state index is -2.96. The number of nitriles is 1. The van der Waals surface area contributed by atoms with Gasteiger partial charge >= 0.3 is 12.6 Å². The van der Waals surface area contributed by atoms with E-state index >= 15 is 0 Å². The fourth-order valence-electron chi connectivity index (χ4n) is 1.94. The van der Waals surface area contributed by atoms with E-state index in [0.29, 0.717) is 11.1 Å². The number of carbonyl (C=O) groups is 1. The van der Waals surface area contributed by atoms with Gasteiger partial charge in [-0.15, -0.1) is 0 Å². The van der Waals surface area contributed by atoms with Crippen LogP contribution in [0.25, 0.3) is 0 Å². The third kappa shape index (κ3) is 4.43. The highest BCUT2D eigenvalue weighted by atomic mass is 19.3. The van der Waals surface area contributed by atoms with Crippen molar-refractivity contribution >= 4 is 5.97 Å². The van der Waals surface area contributed by atoms with E-state index in [-0.39, 0.29) is 23.7 Å². The van der Waals surface area contributed by atoms with Crippen LogP contribution in [0.5, 0.6) is 11.5 Å². The molecule has 0 aliphatic carbocycles. The predicted molar refractivity (Wildman–Crippen MR) is 79.9 cm³/mol. The topological polar surface area (TPSA) is 68.5 Å². The van der Waals surface area contributed by atoms with Gasteiger partial charge in [0.2, 0.25) is 0 Å². The molecule has 0 unspecified atom stereocenters. The van der Waals surface area contributed by atoms with Gasteiger partial charge < -0.3 is 14.2 Å². The van der Waals surface area contributed by atoms with E-state index in [1.807, 2.05) is 6.07 Å². The Morgan fingerprint density at radius 2 is 2.00 bits per heavy atom. The van der Waals surface area contributed by atoms with Crippen LogP contribution >= 0.6 is 0 Å². The maximum absolute atomic E-state index is 12.3. The van der Waals surface area contributed by atoms with Gasteiger partial charge in [0.25, 0.3) is 0 Å². The Kier molecular flexibility index (Phi) is 5.68. The Morgan fingerprint density at radius 1 is 1.21 bits per heavy atom. The van der Waals surface area contributed by atoms with Gasteiger partial charge in [0.05, 0.1) is 24.3 Å². The van der Waals surface area contributed by atoms with Crippen LogP contribution in [0.15, 0.2) is 42.5 Å². The van der Waals surface area contributed by atoms with E-state index in [1.165, 1.54) is 37.4 Å². The number of esters is 1. The van der Waals surface area contributed by atoms with Crippen LogP contribution in [0, 0.1) is 11.3 Å². The monoisotopic (exact) mass is 333 g/mol. The second-order valence-electron chi connectivity index (χ2n) is 4.63. The van der Waals surface area contributed by atoms with E-state index in [0.717, 1.165) is 0 Å². The quantitative estimate of drug-likeness (QED) is 0.757. The summed E-state index contributed by atoms with van der Waals surface area (Å²) in [6, 6.07) is 12.3. The average Bonchev–Trinajstić information content (AvgIpc) is 2.60. The summed E-state index contributed by atoms with van der Waals surface area (Å²) < 4.78 is 39.0. The Balaban J connectivity index is 2.06. The lowest BCUT2D eigenvalue weighted by Gasteiger charge is -2.11. The fourth-order valence-corrected chi connectivity index (χ4v) is 1.94. The molecule has 0 amide bonds. The summed E-state index contributed by atoms with van der Waals surface area (Å²) in [5, 5.41) is 8.82. The molecule has 0 N–H and O–H groups in total. The lowest BCUT2D eigenvalue weighted by Crippen LogP contribution is -2.06. The van der Waals surface area contributed by atoms with Gasteiger partial charge in [-0.1, -0.05) is 12.1 Å². The molecule has 2 aromatic carbocycles. The molecule has 124 valence electrons. The highest BCUT2D eigenvalue weighted by Crippen LogP contribution is 2.29. The molecule has 0 spiro atoms. The largest absolute Gasteiger partial charge is 0.493 e. The number of benzene rings is 2. The van der Waals surface area contributed by atoms with Crippen molar-refractivity contribution in [3.8, 4) is 17.6 Å². The molecule has 0 radical (unpaired) electrons.